The fraction of sp³-hybridized carbons (Fsp3) is 0.667. The molecule has 0 bridgehead atoms. The summed E-state index contributed by atoms with van der Waals surface area (Å²) in [5.41, 5.74) is 0.166. The summed E-state index contributed by atoms with van der Waals surface area (Å²) in [5.74, 6) is -0.218. The van der Waals surface area contributed by atoms with Crippen LogP contribution >= 0.6 is 12.6 Å². The molecule has 1 heterocycles. The average molecular weight is 345 g/mol. The first kappa shape index (κ1) is 24.0. The first-order chi connectivity index (χ1) is 10.8. The number of furan rings is 1. The van der Waals surface area contributed by atoms with Crippen LogP contribution in [0.2, 0.25) is 0 Å². The summed E-state index contributed by atoms with van der Waals surface area (Å²) in [6, 6.07) is 2.92. The number of carboxylic acids is 1. The first-order valence-electron chi connectivity index (χ1n) is 8.26. The Balaban J connectivity index is 0. The Morgan fingerprint density at radius 2 is 1.74 bits per heavy atom. The zero-order valence-corrected chi connectivity index (χ0v) is 16.3. The molecule has 2 rings (SSSR count). The smallest absolute Gasteiger partial charge is 0.371 e. The van der Waals surface area contributed by atoms with Gasteiger partial charge in [0.2, 0.25) is 5.76 Å². The molecule has 0 amide bonds. The van der Waals surface area contributed by atoms with Crippen LogP contribution in [0, 0.1) is 17.3 Å². The van der Waals surface area contributed by atoms with E-state index in [1.54, 1.807) is 0 Å². The van der Waals surface area contributed by atoms with Crippen molar-refractivity contribution < 1.29 is 19.1 Å². The molecule has 0 radical (unpaired) electrons. The quantitative estimate of drug-likeness (QED) is 0.691. The van der Waals surface area contributed by atoms with E-state index in [1.807, 2.05) is 27.7 Å². The molecule has 1 fully saturated rings. The van der Waals surface area contributed by atoms with Crippen LogP contribution in [0.5, 0.6) is 0 Å². The third kappa shape index (κ3) is 7.73. The molecule has 1 N–H and O–H groups in total. The maximum Gasteiger partial charge on any atom is 0.371 e. The predicted molar refractivity (Wildman–Crippen MR) is 98.0 cm³/mol. The minimum absolute atomic E-state index is 0.0231. The van der Waals surface area contributed by atoms with Gasteiger partial charge in [-0.05, 0) is 36.3 Å². The van der Waals surface area contributed by atoms with Crippen molar-refractivity contribution in [3.05, 3.63) is 24.2 Å². The number of carbonyl (C=O) groups is 2. The molecule has 1 aliphatic rings. The van der Waals surface area contributed by atoms with Crippen molar-refractivity contribution in [2.75, 3.05) is 0 Å². The lowest BCUT2D eigenvalue weighted by Gasteiger charge is -2.28. The van der Waals surface area contributed by atoms with E-state index in [0.717, 1.165) is 6.42 Å². The molecule has 1 aromatic heterocycles. The molecule has 4 nitrogen and oxygen atoms in total. The predicted octanol–water partition coefficient (Wildman–Crippen LogP) is 5.55. The highest BCUT2D eigenvalue weighted by atomic mass is 32.1. The molecule has 1 saturated carbocycles. The fourth-order valence-corrected chi connectivity index (χ4v) is 2.81. The van der Waals surface area contributed by atoms with E-state index in [9.17, 15) is 9.59 Å². The van der Waals surface area contributed by atoms with E-state index in [4.69, 9.17) is 5.11 Å². The minimum Gasteiger partial charge on any atom is -0.475 e. The number of rotatable bonds is 2. The Kier molecular flexibility index (Phi) is 12.8. The summed E-state index contributed by atoms with van der Waals surface area (Å²) in [6.07, 6.45) is 3.52. The number of carboxylic acid groups (broad SMARTS) is 1. The molecule has 23 heavy (non-hydrogen) atoms. The highest BCUT2D eigenvalue weighted by Gasteiger charge is 2.43. The van der Waals surface area contributed by atoms with Crippen LogP contribution in [-0.2, 0) is 4.79 Å². The lowest BCUT2D eigenvalue weighted by atomic mass is 9.77. The molecular weight excluding hydrogens is 312 g/mol. The van der Waals surface area contributed by atoms with Crippen LogP contribution in [0.25, 0.3) is 0 Å². The highest BCUT2D eigenvalue weighted by Crippen LogP contribution is 2.47. The second-order valence-electron chi connectivity index (χ2n) is 5.47. The van der Waals surface area contributed by atoms with E-state index >= 15 is 0 Å². The zero-order valence-electron chi connectivity index (χ0n) is 15.4. The van der Waals surface area contributed by atoms with Gasteiger partial charge in [0, 0.05) is 5.92 Å². The van der Waals surface area contributed by atoms with Crippen LogP contribution in [0.15, 0.2) is 22.8 Å². The topological polar surface area (TPSA) is 67.5 Å². The Labute approximate surface area is 146 Å². The van der Waals surface area contributed by atoms with E-state index in [-0.39, 0.29) is 22.2 Å². The van der Waals surface area contributed by atoms with Gasteiger partial charge >= 0.3 is 5.97 Å². The number of aromatic carboxylic acids is 1. The van der Waals surface area contributed by atoms with Gasteiger partial charge in [-0.2, -0.15) is 0 Å². The van der Waals surface area contributed by atoms with Crippen LogP contribution in [0.3, 0.4) is 0 Å². The van der Waals surface area contributed by atoms with Gasteiger partial charge in [0.15, 0.2) is 5.12 Å². The van der Waals surface area contributed by atoms with Crippen LogP contribution in [-0.4, -0.2) is 16.2 Å². The van der Waals surface area contributed by atoms with Crippen LogP contribution < -0.4 is 0 Å². The van der Waals surface area contributed by atoms with Crippen molar-refractivity contribution in [1.29, 1.82) is 0 Å². The van der Waals surface area contributed by atoms with Gasteiger partial charge in [-0.3, -0.25) is 4.79 Å². The molecule has 2 unspecified atom stereocenters. The zero-order chi connectivity index (χ0) is 18.6. The summed E-state index contributed by atoms with van der Waals surface area (Å²) >= 11 is 3.91. The van der Waals surface area contributed by atoms with Crippen LogP contribution in [0.4, 0.5) is 0 Å². The highest BCUT2D eigenvalue weighted by molar-refractivity contribution is 7.96. The maximum absolute atomic E-state index is 11.1. The van der Waals surface area contributed by atoms with E-state index < -0.39 is 5.97 Å². The SMILES string of the molecule is CC.CC.CC1CCC(C(=O)S)C1(C)C.O=C(O)c1ccco1. The summed E-state index contributed by atoms with van der Waals surface area (Å²) in [5, 5.41) is 8.25. The van der Waals surface area contributed by atoms with Gasteiger partial charge in [0.05, 0.1) is 6.26 Å². The largest absolute Gasteiger partial charge is 0.475 e. The molecule has 134 valence electrons. The summed E-state index contributed by atoms with van der Waals surface area (Å²) in [7, 11) is 0. The molecule has 5 heteroatoms. The third-order valence-electron chi connectivity index (χ3n) is 4.09. The van der Waals surface area contributed by atoms with Gasteiger partial charge in [-0.1, -0.05) is 48.5 Å². The molecule has 1 aliphatic carbocycles. The summed E-state index contributed by atoms with van der Waals surface area (Å²) in [4.78, 5) is 21.0. The molecule has 1 aromatic rings. The lowest BCUT2D eigenvalue weighted by Crippen LogP contribution is -2.27. The molecule has 2 atom stereocenters. The number of hydrogen-bond acceptors (Lipinski definition) is 3. The van der Waals surface area contributed by atoms with Crippen molar-refractivity contribution in [1.82, 2.24) is 0 Å². The first-order valence-corrected chi connectivity index (χ1v) is 8.71. The number of hydrogen-bond donors (Lipinski definition) is 2. The van der Waals surface area contributed by atoms with Gasteiger partial charge < -0.3 is 9.52 Å². The second-order valence-corrected chi connectivity index (χ2v) is 5.91. The van der Waals surface area contributed by atoms with E-state index in [1.165, 1.54) is 24.8 Å². The van der Waals surface area contributed by atoms with Crippen molar-refractivity contribution in [2.24, 2.45) is 17.3 Å². The van der Waals surface area contributed by atoms with Crippen molar-refractivity contribution in [3.63, 3.8) is 0 Å². The number of carbonyl (C=O) groups excluding carboxylic acids is 1. The Hall–Kier alpha value is -1.23. The van der Waals surface area contributed by atoms with Gasteiger partial charge in [0.1, 0.15) is 0 Å². The number of thiol groups is 1. The lowest BCUT2D eigenvalue weighted by molar-refractivity contribution is -0.116. The summed E-state index contributed by atoms with van der Waals surface area (Å²) < 4.78 is 4.50. The summed E-state index contributed by atoms with van der Waals surface area (Å²) in [6.45, 7) is 14.6. The molecule has 0 aromatic carbocycles. The second kappa shape index (κ2) is 12.2. The standard InChI is InChI=1S/C9H16OS.C5H4O3.2C2H6/c1-6-4-5-7(8(10)11)9(6,2)3;6-5(7)4-2-1-3-8-4;2*1-2/h6-7H,4-5H2,1-3H3,(H,10,11);1-3H,(H,6,7);2*1-2H3. The van der Waals surface area contributed by atoms with Crippen molar-refractivity contribution >= 4 is 23.7 Å². The minimum atomic E-state index is -1.03. The van der Waals surface area contributed by atoms with Gasteiger partial charge in [-0.15, -0.1) is 12.6 Å². The van der Waals surface area contributed by atoms with Gasteiger partial charge in [0.25, 0.3) is 0 Å². The Morgan fingerprint density at radius 1 is 1.22 bits per heavy atom. The average Bonchev–Trinajstić information content (AvgIpc) is 3.13. The molecule has 0 aliphatic heterocycles. The molecular formula is C18H32O4S. The van der Waals surface area contributed by atoms with Crippen molar-refractivity contribution in [2.45, 2.75) is 61.3 Å². The fourth-order valence-electron chi connectivity index (χ4n) is 2.35. The van der Waals surface area contributed by atoms with Gasteiger partial charge in [-0.25, -0.2) is 4.79 Å². The Morgan fingerprint density at radius 3 is 1.91 bits per heavy atom. The third-order valence-corrected chi connectivity index (χ3v) is 4.40. The van der Waals surface area contributed by atoms with E-state index in [2.05, 4.69) is 37.8 Å². The Bertz CT molecular complexity index is 438. The molecule has 0 saturated heterocycles. The van der Waals surface area contributed by atoms with E-state index in [0.29, 0.717) is 5.92 Å². The monoisotopic (exact) mass is 344 g/mol. The maximum atomic E-state index is 11.1. The van der Waals surface area contributed by atoms with Crippen LogP contribution in [0.1, 0.15) is 71.9 Å². The normalized spacial score (nSPS) is 20.7. The molecule has 0 spiro atoms. The van der Waals surface area contributed by atoms with Crippen molar-refractivity contribution in [3.8, 4) is 0 Å².